The van der Waals surface area contributed by atoms with Gasteiger partial charge in [0.2, 0.25) is 11.9 Å². The zero-order valence-electron chi connectivity index (χ0n) is 16.3. The summed E-state index contributed by atoms with van der Waals surface area (Å²) in [5.41, 5.74) is 1.84. The molecule has 1 aromatic heterocycles. The minimum atomic E-state index is -1.01. The Morgan fingerprint density at radius 1 is 1.03 bits per heavy atom. The van der Waals surface area contributed by atoms with Gasteiger partial charge < -0.3 is 18.8 Å². The van der Waals surface area contributed by atoms with Crippen LogP contribution in [0.3, 0.4) is 0 Å². The van der Waals surface area contributed by atoms with E-state index in [9.17, 15) is 9.59 Å². The van der Waals surface area contributed by atoms with Crippen LogP contribution >= 0.6 is 0 Å². The van der Waals surface area contributed by atoms with Crippen LogP contribution in [-0.4, -0.2) is 37.0 Å². The summed E-state index contributed by atoms with van der Waals surface area (Å²) < 4.78 is 16.8. The lowest BCUT2D eigenvalue weighted by Gasteiger charge is -2.23. The summed E-state index contributed by atoms with van der Waals surface area (Å²) in [6.45, 7) is 1.57. The average Bonchev–Trinajstić information content (AvgIpc) is 3.41. The summed E-state index contributed by atoms with van der Waals surface area (Å²) in [4.78, 5) is 27.9. The van der Waals surface area contributed by atoms with E-state index < -0.39 is 12.1 Å². The van der Waals surface area contributed by atoms with Crippen LogP contribution in [0.5, 0.6) is 0 Å². The molecule has 0 saturated carbocycles. The Bertz CT molecular complexity index is 1000. The first kappa shape index (κ1) is 19.2. The smallest absolute Gasteiger partial charge is 0.375 e. The Labute approximate surface area is 169 Å². The fourth-order valence-electron chi connectivity index (χ4n) is 3.70. The Morgan fingerprint density at radius 2 is 1.72 bits per heavy atom. The van der Waals surface area contributed by atoms with Crippen LogP contribution in [0.4, 0.5) is 0 Å². The molecule has 0 radical (unpaired) electrons. The SMILES string of the molecule is COCc1c(C(=O)O[C@H](C(=O)N2CCCC2)c2ccccc2)oc2ccccc12. The number of amides is 1. The number of rotatable bonds is 6. The minimum Gasteiger partial charge on any atom is -0.449 e. The van der Waals surface area contributed by atoms with Crippen LogP contribution in [0.1, 0.15) is 40.6 Å². The van der Waals surface area contributed by atoms with Crippen LogP contribution in [0.25, 0.3) is 11.0 Å². The van der Waals surface area contributed by atoms with Gasteiger partial charge in [-0.25, -0.2) is 4.79 Å². The van der Waals surface area contributed by atoms with Crippen LogP contribution in [0, 0.1) is 0 Å². The van der Waals surface area contributed by atoms with Crippen molar-refractivity contribution in [3.63, 3.8) is 0 Å². The van der Waals surface area contributed by atoms with E-state index in [1.807, 2.05) is 36.4 Å². The molecule has 6 nitrogen and oxygen atoms in total. The maximum absolute atomic E-state index is 13.1. The van der Waals surface area contributed by atoms with Gasteiger partial charge in [0, 0.05) is 36.7 Å². The van der Waals surface area contributed by atoms with E-state index in [2.05, 4.69) is 0 Å². The number of nitrogens with zero attached hydrogens (tertiary/aromatic N) is 1. The lowest BCUT2D eigenvalue weighted by Crippen LogP contribution is -2.35. The second kappa shape index (κ2) is 8.49. The summed E-state index contributed by atoms with van der Waals surface area (Å²) in [7, 11) is 1.56. The lowest BCUT2D eigenvalue weighted by atomic mass is 10.1. The molecule has 29 heavy (non-hydrogen) atoms. The number of benzene rings is 2. The number of furan rings is 1. The van der Waals surface area contributed by atoms with E-state index in [4.69, 9.17) is 13.9 Å². The van der Waals surface area contributed by atoms with Crippen LogP contribution in [0.15, 0.2) is 59.0 Å². The van der Waals surface area contributed by atoms with Crippen molar-refractivity contribution in [2.75, 3.05) is 20.2 Å². The van der Waals surface area contributed by atoms with Gasteiger partial charge in [0.05, 0.1) is 6.61 Å². The topological polar surface area (TPSA) is 69.0 Å². The number of carbonyl (C=O) groups excluding carboxylic acids is 2. The molecule has 1 atom stereocenters. The third-order valence-electron chi connectivity index (χ3n) is 5.14. The number of likely N-dealkylation sites (tertiary alicyclic amines) is 1. The van der Waals surface area contributed by atoms with Gasteiger partial charge in [-0.3, -0.25) is 4.79 Å². The second-order valence-electron chi connectivity index (χ2n) is 7.07. The normalized spacial score (nSPS) is 14.9. The highest BCUT2D eigenvalue weighted by molar-refractivity contribution is 5.97. The number of methoxy groups -OCH3 is 1. The molecule has 2 heterocycles. The standard InChI is InChI=1S/C23H23NO5/c1-27-15-18-17-11-5-6-12-19(17)28-21(18)23(26)29-20(16-9-3-2-4-10-16)22(25)24-13-7-8-14-24/h2-6,9-12,20H,7-8,13-15H2,1H3/t20-/m0/s1. The van der Waals surface area contributed by atoms with Crippen molar-refractivity contribution in [1.29, 1.82) is 0 Å². The number of hydrogen-bond donors (Lipinski definition) is 0. The summed E-state index contributed by atoms with van der Waals surface area (Å²) in [6, 6.07) is 16.5. The largest absolute Gasteiger partial charge is 0.449 e. The molecule has 0 unspecified atom stereocenters. The predicted molar refractivity (Wildman–Crippen MR) is 107 cm³/mol. The molecule has 0 bridgehead atoms. The van der Waals surface area contributed by atoms with Crippen LogP contribution in [0.2, 0.25) is 0 Å². The monoisotopic (exact) mass is 393 g/mol. The second-order valence-corrected chi connectivity index (χ2v) is 7.07. The first-order valence-corrected chi connectivity index (χ1v) is 9.73. The van der Waals surface area contributed by atoms with Crippen molar-refractivity contribution in [3.05, 3.63) is 71.5 Å². The average molecular weight is 393 g/mol. The molecule has 1 amide bonds. The first-order chi connectivity index (χ1) is 14.2. The summed E-state index contributed by atoms with van der Waals surface area (Å²) >= 11 is 0. The number of ether oxygens (including phenoxy) is 2. The molecular formula is C23H23NO5. The molecule has 1 saturated heterocycles. The van der Waals surface area contributed by atoms with Crippen molar-refractivity contribution in [3.8, 4) is 0 Å². The molecule has 6 heteroatoms. The summed E-state index contributed by atoms with van der Waals surface area (Å²) in [5.74, 6) is -0.802. The molecule has 150 valence electrons. The van der Waals surface area contributed by atoms with Crippen molar-refractivity contribution in [2.24, 2.45) is 0 Å². The summed E-state index contributed by atoms with van der Waals surface area (Å²) in [6.07, 6.45) is 0.913. The third-order valence-corrected chi connectivity index (χ3v) is 5.14. The number of carbonyl (C=O) groups is 2. The van der Waals surface area contributed by atoms with Gasteiger partial charge in [0.15, 0.2) is 0 Å². The molecular weight excluding hydrogens is 370 g/mol. The van der Waals surface area contributed by atoms with Gasteiger partial charge in [0.1, 0.15) is 5.58 Å². The highest BCUT2D eigenvalue weighted by Gasteiger charge is 2.33. The zero-order valence-corrected chi connectivity index (χ0v) is 16.3. The molecule has 1 aliphatic heterocycles. The van der Waals surface area contributed by atoms with E-state index in [1.54, 1.807) is 30.2 Å². The maximum atomic E-state index is 13.1. The van der Waals surface area contributed by atoms with E-state index in [0.717, 1.165) is 18.2 Å². The van der Waals surface area contributed by atoms with Crippen LogP contribution in [-0.2, 0) is 20.9 Å². The fourth-order valence-corrected chi connectivity index (χ4v) is 3.70. The maximum Gasteiger partial charge on any atom is 0.375 e. The number of para-hydroxylation sites is 1. The van der Waals surface area contributed by atoms with Crippen molar-refractivity contribution < 1.29 is 23.5 Å². The van der Waals surface area contributed by atoms with Crippen molar-refractivity contribution in [1.82, 2.24) is 4.90 Å². The number of hydrogen-bond acceptors (Lipinski definition) is 5. The van der Waals surface area contributed by atoms with Crippen molar-refractivity contribution >= 4 is 22.8 Å². The van der Waals surface area contributed by atoms with E-state index in [-0.39, 0.29) is 18.3 Å². The third kappa shape index (κ3) is 3.89. The molecule has 3 aromatic rings. The van der Waals surface area contributed by atoms with Gasteiger partial charge >= 0.3 is 5.97 Å². The number of fused-ring (bicyclic) bond motifs is 1. The zero-order chi connectivity index (χ0) is 20.2. The molecule has 1 fully saturated rings. The molecule has 0 spiro atoms. The Kier molecular flexibility index (Phi) is 5.62. The van der Waals surface area contributed by atoms with Gasteiger partial charge in [0.25, 0.3) is 5.91 Å². The molecule has 0 aliphatic carbocycles. The van der Waals surface area contributed by atoms with Gasteiger partial charge in [-0.05, 0) is 18.9 Å². The molecule has 0 N–H and O–H groups in total. The quantitative estimate of drug-likeness (QED) is 0.590. The Balaban J connectivity index is 1.67. The summed E-state index contributed by atoms with van der Waals surface area (Å²) in [5, 5.41) is 0.795. The van der Waals surface area contributed by atoms with Gasteiger partial charge in [-0.2, -0.15) is 0 Å². The minimum absolute atomic E-state index is 0.0724. The van der Waals surface area contributed by atoms with Gasteiger partial charge in [-0.15, -0.1) is 0 Å². The molecule has 4 rings (SSSR count). The van der Waals surface area contributed by atoms with E-state index >= 15 is 0 Å². The van der Waals surface area contributed by atoms with E-state index in [1.165, 1.54) is 0 Å². The van der Waals surface area contributed by atoms with Crippen LogP contribution < -0.4 is 0 Å². The number of esters is 1. The highest BCUT2D eigenvalue weighted by Crippen LogP contribution is 2.30. The molecule has 1 aliphatic rings. The van der Waals surface area contributed by atoms with Crippen molar-refractivity contribution in [2.45, 2.75) is 25.6 Å². The predicted octanol–water partition coefficient (Wildman–Crippen LogP) is 4.10. The van der Waals surface area contributed by atoms with Gasteiger partial charge in [-0.1, -0.05) is 48.5 Å². The lowest BCUT2D eigenvalue weighted by molar-refractivity contribution is -0.140. The Morgan fingerprint density at radius 3 is 2.45 bits per heavy atom. The Hall–Kier alpha value is -3.12. The molecule has 2 aromatic carbocycles. The first-order valence-electron chi connectivity index (χ1n) is 9.73. The van der Waals surface area contributed by atoms with E-state index in [0.29, 0.717) is 29.8 Å². The highest BCUT2D eigenvalue weighted by atomic mass is 16.6. The fraction of sp³-hybridized carbons (Fsp3) is 0.304.